The van der Waals surface area contributed by atoms with Gasteiger partial charge >= 0.3 is 0 Å². The van der Waals surface area contributed by atoms with Crippen molar-refractivity contribution >= 4 is 28.6 Å². The Morgan fingerprint density at radius 2 is 2.08 bits per heavy atom. The molecule has 0 spiro atoms. The molecule has 1 aliphatic heterocycles. The Morgan fingerprint density at radius 1 is 1.27 bits per heavy atom. The maximum Gasteiger partial charge on any atom is 0.248 e. The van der Waals surface area contributed by atoms with Crippen molar-refractivity contribution in [2.45, 2.75) is 12.8 Å². The Morgan fingerprint density at radius 3 is 2.85 bits per heavy atom. The highest BCUT2D eigenvalue weighted by molar-refractivity contribution is 5.97. The first-order valence-corrected chi connectivity index (χ1v) is 8.04. The molecule has 3 aromatic rings. The van der Waals surface area contributed by atoms with E-state index in [2.05, 4.69) is 9.97 Å². The fourth-order valence-electron chi connectivity index (χ4n) is 3.13. The van der Waals surface area contributed by atoms with Crippen LogP contribution in [0, 0.1) is 0 Å². The molecule has 26 heavy (non-hydrogen) atoms. The molecule has 1 unspecified atom stereocenters. The fourth-order valence-corrected chi connectivity index (χ4v) is 3.13. The molecule has 1 amide bonds. The number of aromatic nitrogens is 2. The van der Waals surface area contributed by atoms with Gasteiger partial charge in [0.1, 0.15) is 23.1 Å². The molecule has 0 bridgehead atoms. The molecule has 6 N–H and O–H groups in total. The van der Waals surface area contributed by atoms with E-state index in [-0.39, 0.29) is 17.7 Å². The monoisotopic (exact) mass is 351 g/mol. The quantitative estimate of drug-likeness (QED) is 0.657. The summed E-state index contributed by atoms with van der Waals surface area (Å²) in [5.74, 6) is 1.56. The third kappa shape index (κ3) is 2.52. The van der Waals surface area contributed by atoms with Crippen LogP contribution in [-0.2, 0) is 0 Å². The molecule has 0 radical (unpaired) electrons. The summed E-state index contributed by atoms with van der Waals surface area (Å²) in [5.41, 5.74) is 18.9. The van der Waals surface area contributed by atoms with Gasteiger partial charge in [0.2, 0.25) is 11.9 Å². The summed E-state index contributed by atoms with van der Waals surface area (Å²) in [6.45, 7) is 2.52. The standard InChI is InChI=1S/C18H17N5O3/c1-8-7-25-15-13(8)12(6-11-14(15)16(19)23-18(21)22-11)26-10-4-2-3-9(5-10)17(20)24/h2-6,8H,7H2,1H3,(H2,20,24)(H4,19,21,22,23). The van der Waals surface area contributed by atoms with Crippen LogP contribution in [0.1, 0.15) is 28.8 Å². The zero-order valence-electron chi connectivity index (χ0n) is 14.0. The molecule has 0 fully saturated rings. The Labute approximate surface area is 148 Å². The number of hydrogen-bond acceptors (Lipinski definition) is 7. The van der Waals surface area contributed by atoms with Crippen LogP contribution in [0.5, 0.6) is 17.2 Å². The van der Waals surface area contributed by atoms with Gasteiger partial charge < -0.3 is 26.7 Å². The molecule has 8 heteroatoms. The van der Waals surface area contributed by atoms with E-state index in [0.29, 0.717) is 40.3 Å². The first-order valence-electron chi connectivity index (χ1n) is 8.04. The van der Waals surface area contributed by atoms with E-state index in [0.717, 1.165) is 5.56 Å². The summed E-state index contributed by atoms with van der Waals surface area (Å²) in [6, 6.07) is 8.41. The third-order valence-corrected chi connectivity index (χ3v) is 4.30. The van der Waals surface area contributed by atoms with Crippen molar-refractivity contribution < 1.29 is 14.3 Å². The predicted molar refractivity (Wildman–Crippen MR) is 97.3 cm³/mol. The molecule has 0 aliphatic carbocycles. The second-order valence-corrected chi connectivity index (χ2v) is 6.18. The van der Waals surface area contributed by atoms with E-state index in [1.54, 1.807) is 30.3 Å². The second-order valence-electron chi connectivity index (χ2n) is 6.18. The van der Waals surface area contributed by atoms with Crippen molar-refractivity contribution in [3.63, 3.8) is 0 Å². The zero-order chi connectivity index (χ0) is 18.4. The topological polar surface area (TPSA) is 139 Å². The van der Waals surface area contributed by atoms with Crippen molar-refractivity contribution in [2.24, 2.45) is 5.73 Å². The largest absolute Gasteiger partial charge is 0.492 e. The van der Waals surface area contributed by atoms with Crippen LogP contribution in [-0.4, -0.2) is 22.5 Å². The number of primary amides is 1. The minimum Gasteiger partial charge on any atom is -0.492 e. The van der Waals surface area contributed by atoms with Gasteiger partial charge in [-0.3, -0.25) is 4.79 Å². The van der Waals surface area contributed by atoms with Crippen LogP contribution in [0.15, 0.2) is 30.3 Å². The van der Waals surface area contributed by atoms with E-state index in [1.807, 2.05) is 6.92 Å². The number of carbonyl (C=O) groups excluding carboxylic acids is 1. The van der Waals surface area contributed by atoms with E-state index < -0.39 is 5.91 Å². The number of benzene rings is 2. The summed E-state index contributed by atoms with van der Waals surface area (Å²) in [6.07, 6.45) is 0. The summed E-state index contributed by atoms with van der Waals surface area (Å²) in [5, 5.41) is 0.622. The number of rotatable bonds is 3. The van der Waals surface area contributed by atoms with Crippen LogP contribution >= 0.6 is 0 Å². The molecule has 0 saturated carbocycles. The van der Waals surface area contributed by atoms with Gasteiger partial charge in [0.15, 0.2) is 0 Å². The van der Waals surface area contributed by atoms with Gasteiger partial charge in [-0.25, -0.2) is 4.98 Å². The number of anilines is 2. The van der Waals surface area contributed by atoms with Gasteiger partial charge in [-0.1, -0.05) is 13.0 Å². The van der Waals surface area contributed by atoms with Crippen molar-refractivity contribution in [3.05, 3.63) is 41.5 Å². The lowest BCUT2D eigenvalue weighted by Gasteiger charge is -2.14. The van der Waals surface area contributed by atoms with Crippen LogP contribution in [0.2, 0.25) is 0 Å². The Bertz CT molecular complexity index is 1050. The van der Waals surface area contributed by atoms with E-state index in [9.17, 15) is 4.79 Å². The normalized spacial score (nSPS) is 15.5. The van der Waals surface area contributed by atoms with Gasteiger partial charge in [-0.15, -0.1) is 0 Å². The maximum atomic E-state index is 11.4. The van der Waals surface area contributed by atoms with Crippen LogP contribution in [0.25, 0.3) is 10.9 Å². The van der Waals surface area contributed by atoms with Crippen LogP contribution in [0.4, 0.5) is 11.8 Å². The Kier molecular flexibility index (Phi) is 3.54. The summed E-state index contributed by atoms with van der Waals surface area (Å²) in [4.78, 5) is 19.7. The average molecular weight is 351 g/mol. The van der Waals surface area contributed by atoms with Crippen LogP contribution < -0.4 is 26.7 Å². The van der Waals surface area contributed by atoms with Crippen molar-refractivity contribution in [2.75, 3.05) is 18.1 Å². The van der Waals surface area contributed by atoms with Gasteiger partial charge in [0.25, 0.3) is 0 Å². The number of amides is 1. The Hall–Kier alpha value is -3.55. The molecule has 0 saturated heterocycles. The number of carbonyl (C=O) groups is 1. The smallest absolute Gasteiger partial charge is 0.248 e. The van der Waals surface area contributed by atoms with Gasteiger partial charge in [0, 0.05) is 23.1 Å². The third-order valence-electron chi connectivity index (χ3n) is 4.30. The molecule has 8 nitrogen and oxygen atoms in total. The molecule has 2 aromatic carbocycles. The minimum atomic E-state index is -0.524. The summed E-state index contributed by atoms with van der Waals surface area (Å²) >= 11 is 0. The SMILES string of the molecule is CC1COc2c1c(Oc1cccc(C(N)=O)c1)cc1nc(N)nc(N)c21. The zero-order valence-corrected chi connectivity index (χ0v) is 14.0. The molecule has 1 atom stereocenters. The number of nitrogen functional groups attached to an aromatic ring is 2. The second kappa shape index (κ2) is 5.76. The van der Waals surface area contributed by atoms with E-state index >= 15 is 0 Å². The molecule has 4 rings (SSSR count). The molecule has 1 aliphatic rings. The van der Waals surface area contributed by atoms with Gasteiger partial charge in [0.05, 0.1) is 17.5 Å². The van der Waals surface area contributed by atoms with Crippen molar-refractivity contribution in [3.8, 4) is 17.2 Å². The molecule has 132 valence electrons. The molecular weight excluding hydrogens is 334 g/mol. The number of fused-ring (bicyclic) bond motifs is 3. The highest BCUT2D eigenvalue weighted by Crippen LogP contribution is 2.47. The van der Waals surface area contributed by atoms with Gasteiger partial charge in [-0.2, -0.15) is 4.98 Å². The fraction of sp³-hybridized carbons (Fsp3) is 0.167. The van der Waals surface area contributed by atoms with Crippen molar-refractivity contribution in [1.29, 1.82) is 0 Å². The lowest BCUT2D eigenvalue weighted by Crippen LogP contribution is -2.10. The first kappa shape index (κ1) is 15.9. The average Bonchev–Trinajstić information content (AvgIpc) is 2.96. The number of nitrogens with two attached hydrogens (primary N) is 3. The first-order chi connectivity index (χ1) is 12.4. The number of hydrogen-bond donors (Lipinski definition) is 3. The molecule has 1 aromatic heterocycles. The highest BCUT2D eigenvalue weighted by atomic mass is 16.5. The van der Waals surface area contributed by atoms with Crippen LogP contribution in [0.3, 0.4) is 0 Å². The van der Waals surface area contributed by atoms with E-state index in [1.165, 1.54) is 0 Å². The minimum absolute atomic E-state index is 0.0719. The lowest BCUT2D eigenvalue weighted by atomic mass is 9.99. The lowest BCUT2D eigenvalue weighted by molar-refractivity contribution is 0.1000. The summed E-state index contributed by atoms with van der Waals surface area (Å²) in [7, 11) is 0. The predicted octanol–water partition coefficient (Wildman–Crippen LogP) is 2.18. The summed E-state index contributed by atoms with van der Waals surface area (Å²) < 4.78 is 11.9. The number of nitrogens with zero attached hydrogens (tertiary/aromatic N) is 2. The molecular formula is C18H17N5O3. The van der Waals surface area contributed by atoms with Gasteiger partial charge in [-0.05, 0) is 18.2 Å². The maximum absolute atomic E-state index is 11.4. The Balaban J connectivity index is 1.89. The van der Waals surface area contributed by atoms with Crippen molar-refractivity contribution in [1.82, 2.24) is 9.97 Å². The highest BCUT2D eigenvalue weighted by Gasteiger charge is 2.29. The molecule has 2 heterocycles. The van der Waals surface area contributed by atoms with E-state index in [4.69, 9.17) is 26.7 Å². The number of ether oxygens (including phenoxy) is 2.